The molecule has 0 amide bonds. The fourth-order valence-corrected chi connectivity index (χ4v) is 2.71. The maximum atomic E-state index is 13.1. The number of Topliss-reactive ketones (excluding diaryl/α,β-unsaturated/α-hetero) is 1. The van der Waals surface area contributed by atoms with Gasteiger partial charge in [0, 0.05) is 17.5 Å². The van der Waals surface area contributed by atoms with E-state index in [1.54, 1.807) is 0 Å². The van der Waals surface area contributed by atoms with Crippen LogP contribution in [0.15, 0.2) is 18.2 Å². The van der Waals surface area contributed by atoms with Gasteiger partial charge in [-0.25, -0.2) is 8.78 Å². The van der Waals surface area contributed by atoms with Crippen LogP contribution in [0.5, 0.6) is 0 Å². The van der Waals surface area contributed by atoms with Gasteiger partial charge in [-0.15, -0.1) is 0 Å². The number of benzene rings is 1. The van der Waals surface area contributed by atoms with E-state index in [0.29, 0.717) is 0 Å². The molecule has 1 aromatic carbocycles. The third-order valence-corrected chi connectivity index (χ3v) is 4.43. The Labute approximate surface area is 99.8 Å². The molecule has 2 rings (SSSR count). The maximum absolute atomic E-state index is 13.1. The van der Waals surface area contributed by atoms with Crippen molar-refractivity contribution in [2.24, 2.45) is 16.7 Å². The largest absolute Gasteiger partial charge is 0.294 e. The maximum Gasteiger partial charge on any atom is 0.167 e. The second kappa shape index (κ2) is 3.37. The van der Waals surface area contributed by atoms with Crippen molar-refractivity contribution in [1.29, 1.82) is 0 Å². The average Bonchev–Trinajstić information content (AvgIpc) is 2.54. The van der Waals surface area contributed by atoms with Gasteiger partial charge in [0.25, 0.3) is 0 Å². The minimum Gasteiger partial charge on any atom is -0.294 e. The summed E-state index contributed by atoms with van der Waals surface area (Å²) in [6.45, 7) is 8.02. The van der Waals surface area contributed by atoms with Gasteiger partial charge in [-0.1, -0.05) is 27.7 Å². The minimum absolute atomic E-state index is 0.118. The zero-order chi connectivity index (χ0) is 13.0. The second-order valence-electron chi connectivity index (χ2n) is 5.90. The van der Waals surface area contributed by atoms with E-state index >= 15 is 0 Å². The average molecular weight is 238 g/mol. The molecule has 0 spiro atoms. The number of halogens is 2. The van der Waals surface area contributed by atoms with E-state index in [2.05, 4.69) is 0 Å². The number of carbonyl (C=O) groups is 1. The van der Waals surface area contributed by atoms with Crippen molar-refractivity contribution in [2.75, 3.05) is 0 Å². The van der Waals surface area contributed by atoms with Gasteiger partial charge in [0.15, 0.2) is 5.78 Å². The van der Waals surface area contributed by atoms with E-state index in [9.17, 15) is 13.6 Å². The van der Waals surface area contributed by atoms with Crippen molar-refractivity contribution in [3.05, 3.63) is 35.4 Å². The molecule has 0 radical (unpaired) electrons. The summed E-state index contributed by atoms with van der Waals surface area (Å²) in [6, 6.07) is 2.99. The van der Waals surface area contributed by atoms with Gasteiger partial charge in [0.05, 0.1) is 0 Å². The highest BCUT2D eigenvalue weighted by atomic mass is 19.1. The monoisotopic (exact) mass is 238 g/mol. The molecule has 1 aliphatic carbocycles. The molecule has 0 N–H and O–H groups in total. The van der Waals surface area contributed by atoms with E-state index < -0.39 is 11.6 Å². The molecule has 1 fully saturated rings. The van der Waals surface area contributed by atoms with E-state index in [-0.39, 0.29) is 28.1 Å². The first-order chi connectivity index (χ1) is 7.68. The van der Waals surface area contributed by atoms with Gasteiger partial charge >= 0.3 is 0 Å². The highest BCUT2D eigenvalue weighted by Crippen LogP contribution is 2.69. The van der Waals surface area contributed by atoms with Crippen molar-refractivity contribution >= 4 is 5.78 Å². The summed E-state index contributed by atoms with van der Waals surface area (Å²) in [6.07, 6.45) is 0. The van der Waals surface area contributed by atoms with E-state index in [0.717, 1.165) is 18.2 Å². The fourth-order valence-electron chi connectivity index (χ4n) is 2.71. The first-order valence-corrected chi connectivity index (χ1v) is 5.68. The van der Waals surface area contributed by atoms with Crippen molar-refractivity contribution in [3.8, 4) is 0 Å². The normalized spacial score (nSPS) is 21.3. The predicted octanol–water partition coefficient (Wildman–Crippen LogP) is 3.83. The third kappa shape index (κ3) is 1.68. The molecule has 1 nitrogen and oxygen atoms in total. The summed E-state index contributed by atoms with van der Waals surface area (Å²) in [5.74, 6) is -1.75. The Morgan fingerprint density at radius 2 is 1.41 bits per heavy atom. The van der Waals surface area contributed by atoms with Crippen molar-refractivity contribution in [3.63, 3.8) is 0 Å². The molecule has 0 aliphatic heterocycles. The molecule has 0 heterocycles. The highest BCUT2D eigenvalue weighted by molar-refractivity contribution is 6.01. The Morgan fingerprint density at radius 1 is 1.00 bits per heavy atom. The summed E-state index contributed by atoms with van der Waals surface area (Å²) < 4.78 is 26.1. The Balaban J connectivity index is 2.34. The van der Waals surface area contributed by atoms with Crippen LogP contribution in [0.3, 0.4) is 0 Å². The Kier molecular flexibility index (Phi) is 2.42. The van der Waals surface area contributed by atoms with E-state index in [4.69, 9.17) is 0 Å². The molecule has 0 atom stereocenters. The number of hydrogen-bond donors (Lipinski definition) is 0. The Morgan fingerprint density at radius 3 is 1.76 bits per heavy atom. The van der Waals surface area contributed by atoms with Crippen LogP contribution in [-0.4, -0.2) is 5.78 Å². The summed E-state index contributed by atoms with van der Waals surface area (Å²) in [5.41, 5.74) is -0.106. The Hall–Kier alpha value is -1.25. The smallest absolute Gasteiger partial charge is 0.167 e. The van der Waals surface area contributed by atoms with Crippen molar-refractivity contribution < 1.29 is 13.6 Å². The van der Waals surface area contributed by atoms with Gasteiger partial charge in [0.2, 0.25) is 0 Å². The molecular weight excluding hydrogens is 222 g/mol. The molecule has 0 aromatic heterocycles. The molecule has 0 unspecified atom stereocenters. The highest BCUT2D eigenvalue weighted by Gasteiger charge is 2.67. The zero-order valence-electron chi connectivity index (χ0n) is 10.5. The van der Waals surface area contributed by atoms with Crippen molar-refractivity contribution in [2.45, 2.75) is 27.7 Å². The quantitative estimate of drug-likeness (QED) is 0.716. The van der Waals surface area contributed by atoms with Crippen LogP contribution in [0, 0.1) is 28.4 Å². The predicted molar refractivity (Wildman–Crippen MR) is 61.7 cm³/mol. The molecule has 3 heteroatoms. The van der Waals surface area contributed by atoms with Crippen LogP contribution in [0.25, 0.3) is 0 Å². The van der Waals surface area contributed by atoms with Crippen LogP contribution in [-0.2, 0) is 0 Å². The fraction of sp³-hybridized carbons (Fsp3) is 0.500. The van der Waals surface area contributed by atoms with Gasteiger partial charge in [-0.05, 0) is 23.0 Å². The molecule has 17 heavy (non-hydrogen) atoms. The van der Waals surface area contributed by atoms with Gasteiger partial charge in [-0.2, -0.15) is 0 Å². The molecule has 92 valence electrons. The molecular formula is C14H16F2O. The summed E-state index contributed by atoms with van der Waals surface area (Å²) in [4.78, 5) is 12.2. The minimum atomic E-state index is -0.704. The van der Waals surface area contributed by atoms with Crippen molar-refractivity contribution in [1.82, 2.24) is 0 Å². The summed E-state index contributed by atoms with van der Waals surface area (Å²) in [7, 11) is 0. The van der Waals surface area contributed by atoms with Crippen LogP contribution >= 0.6 is 0 Å². The first-order valence-electron chi connectivity index (χ1n) is 5.68. The van der Waals surface area contributed by atoms with Gasteiger partial charge < -0.3 is 0 Å². The molecule has 0 bridgehead atoms. The lowest BCUT2D eigenvalue weighted by Crippen LogP contribution is -2.08. The lowest BCUT2D eigenvalue weighted by atomic mass is 10.0. The Bertz CT molecular complexity index is 455. The van der Waals surface area contributed by atoms with E-state index in [1.165, 1.54) is 0 Å². The second-order valence-corrected chi connectivity index (χ2v) is 5.90. The number of hydrogen-bond acceptors (Lipinski definition) is 1. The number of ketones is 1. The first kappa shape index (κ1) is 12.2. The van der Waals surface area contributed by atoms with Crippen LogP contribution < -0.4 is 0 Å². The topological polar surface area (TPSA) is 17.1 Å². The molecule has 1 aromatic rings. The SMILES string of the molecule is CC1(C)C(C(=O)c2cc(F)cc(F)c2)C1(C)C. The molecule has 0 saturated heterocycles. The summed E-state index contributed by atoms with van der Waals surface area (Å²) in [5, 5.41) is 0. The number of carbonyl (C=O) groups excluding carboxylic acids is 1. The zero-order valence-corrected chi connectivity index (χ0v) is 10.5. The lowest BCUT2D eigenvalue weighted by Gasteiger charge is -2.03. The molecule has 1 saturated carbocycles. The number of rotatable bonds is 2. The molecule has 1 aliphatic rings. The van der Waals surface area contributed by atoms with Gasteiger partial charge in [-0.3, -0.25) is 4.79 Å². The standard InChI is InChI=1S/C14H16F2O/c1-13(2)12(14(13,3)4)11(17)8-5-9(15)7-10(16)6-8/h5-7,12H,1-4H3. The van der Waals surface area contributed by atoms with Crippen LogP contribution in [0.1, 0.15) is 38.1 Å². The van der Waals surface area contributed by atoms with Crippen LogP contribution in [0.4, 0.5) is 8.78 Å². The van der Waals surface area contributed by atoms with E-state index in [1.807, 2.05) is 27.7 Å². The third-order valence-electron chi connectivity index (χ3n) is 4.43. The lowest BCUT2D eigenvalue weighted by molar-refractivity contribution is 0.0944. The van der Waals surface area contributed by atoms with Crippen LogP contribution in [0.2, 0.25) is 0 Å². The summed E-state index contributed by atoms with van der Waals surface area (Å²) >= 11 is 0. The van der Waals surface area contributed by atoms with Gasteiger partial charge in [0.1, 0.15) is 11.6 Å².